The van der Waals surface area contributed by atoms with Crippen LogP contribution in [0.4, 0.5) is 0 Å². The Kier molecular flexibility index (Phi) is 6.18. The maximum Gasteiger partial charge on any atom is 0.149 e. The predicted octanol–water partition coefficient (Wildman–Crippen LogP) is 14.1. The minimum atomic E-state index is -0.598. The molecule has 2 spiro atoms. The van der Waals surface area contributed by atoms with E-state index < -0.39 is 10.8 Å². The largest absolute Gasteiger partial charge is 0.276 e. The van der Waals surface area contributed by atoms with Crippen LogP contribution in [0.25, 0.3) is 81.4 Å². The Hall–Kier alpha value is -7.66. The molecule has 0 saturated heterocycles. The summed E-state index contributed by atoms with van der Waals surface area (Å²) in [6, 6.07) is 74.9. The van der Waals surface area contributed by atoms with Gasteiger partial charge in [-0.3, -0.25) is 4.40 Å². The normalized spacial score (nSPS) is 14.7. The maximum absolute atomic E-state index is 5.47. The molecule has 3 nitrogen and oxygen atoms in total. The van der Waals surface area contributed by atoms with Crippen LogP contribution in [-0.2, 0) is 10.8 Å². The average molecular weight is 804 g/mol. The van der Waals surface area contributed by atoms with Gasteiger partial charge in [0.25, 0.3) is 0 Å². The first-order chi connectivity index (χ1) is 30.8. The summed E-state index contributed by atoms with van der Waals surface area (Å²) in [5.74, 6) is 0.891. The summed E-state index contributed by atoms with van der Waals surface area (Å²) in [7, 11) is 0. The van der Waals surface area contributed by atoms with Crippen molar-refractivity contribution in [2.45, 2.75) is 10.8 Å². The van der Waals surface area contributed by atoms with E-state index in [1.807, 2.05) is 11.3 Å². The highest BCUT2D eigenvalue weighted by Gasteiger charge is 2.59. The van der Waals surface area contributed by atoms with E-state index in [4.69, 9.17) is 9.97 Å². The van der Waals surface area contributed by atoms with Gasteiger partial charge in [0.1, 0.15) is 11.5 Å². The molecule has 0 fully saturated rings. The molecule has 3 aliphatic rings. The highest BCUT2D eigenvalue weighted by molar-refractivity contribution is 7.26. The van der Waals surface area contributed by atoms with E-state index in [0.29, 0.717) is 0 Å². The third-order valence-corrected chi connectivity index (χ3v) is 15.6. The Labute approximate surface area is 360 Å². The number of thiophene rings is 1. The smallest absolute Gasteiger partial charge is 0.149 e. The van der Waals surface area contributed by atoms with Gasteiger partial charge in [-0.1, -0.05) is 158 Å². The highest BCUT2D eigenvalue weighted by atomic mass is 32.1. The summed E-state index contributed by atoms with van der Waals surface area (Å²) in [4.78, 5) is 10.7. The van der Waals surface area contributed by atoms with Crippen molar-refractivity contribution in [1.82, 2.24) is 14.4 Å². The molecule has 62 heavy (non-hydrogen) atoms. The number of imidazole rings is 1. The van der Waals surface area contributed by atoms with Crippen LogP contribution in [0.5, 0.6) is 0 Å². The second-order valence-electron chi connectivity index (χ2n) is 17.1. The maximum atomic E-state index is 5.47. The SMILES string of the molecule is c1ccc2c(c1)-c1ccccc1C21c2ccccc2C2(c3ccc(-c4nc5ccccc5c5nc6ccccc6n45)cc3-c3c2ccc2sc4ccccc4c32)c2ccccc21. The first kappa shape index (κ1) is 33.1. The van der Waals surface area contributed by atoms with Gasteiger partial charge in [-0.2, -0.15) is 0 Å². The summed E-state index contributed by atoms with van der Waals surface area (Å²) in [5, 5.41) is 3.68. The van der Waals surface area contributed by atoms with Crippen LogP contribution < -0.4 is 0 Å². The van der Waals surface area contributed by atoms with Gasteiger partial charge >= 0.3 is 0 Å². The number of hydrogen-bond donors (Lipinski definition) is 0. The van der Waals surface area contributed by atoms with E-state index in [9.17, 15) is 0 Å². The van der Waals surface area contributed by atoms with Crippen molar-refractivity contribution in [2.24, 2.45) is 0 Å². The molecule has 0 N–H and O–H groups in total. The lowest BCUT2D eigenvalue weighted by Crippen LogP contribution is -2.43. The molecule has 0 atom stereocenters. The van der Waals surface area contributed by atoms with Crippen molar-refractivity contribution >= 4 is 59.1 Å². The van der Waals surface area contributed by atoms with Crippen LogP contribution in [0, 0.1) is 0 Å². The Balaban J connectivity index is 1.11. The lowest BCUT2D eigenvalue weighted by atomic mass is 9.52. The molecular formula is C58H33N3S. The van der Waals surface area contributed by atoms with Crippen molar-refractivity contribution in [3.8, 4) is 33.6 Å². The molecular weight excluding hydrogens is 771 g/mol. The second kappa shape index (κ2) is 11.6. The zero-order valence-corrected chi connectivity index (χ0v) is 34.1. The summed E-state index contributed by atoms with van der Waals surface area (Å²) in [6.07, 6.45) is 0. The molecule has 0 aliphatic heterocycles. The van der Waals surface area contributed by atoms with Crippen molar-refractivity contribution in [3.63, 3.8) is 0 Å². The van der Waals surface area contributed by atoms with Crippen LogP contribution in [0.3, 0.4) is 0 Å². The van der Waals surface area contributed by atoms with Gasteiger partial charge in [0, 0.05) is 31.1 Å². The van der Waals surface area contributed by atoms with Crippen LogP contribution in [0.2, 0.25) is 0 Å². The molecule has 0 radical (unpaired) electrons. The number of fused-ring (bicyclic) bond motifs is 25. The van der Waals surface area contributed by atoms with E-state index in [0.717, 1.165) is 39.0 Å². The highest BCUT2D eigenvalue weighted by Crippen LogP contribution is 2.68. The Morgan fingerprint density at radius 2 is 0.919 bits per heavy atom. The second-order valence-corrected chi connectivity index (χ2v) is 18.2. The van der Waals surface area contributed by atoms with E-state index >= 15 is 0 Å². The van der Waals surface area contributed by atoms with Crippen LogP contribution in [0.1, 0.15) is 44.5 Å². The summed E-state index contributed by atoms with van der Waals surface area (Å²) < 4.78 is 4.88. The summed E-state index contributed by atoms with van der Waals surface area (Å²) in [5.41, 5.74) is 19.8. The molecule has 9 aromatic carbocycles. The van der Waals surface area contributed by atoms with Gasteiger partial charge in [-0.15, -0.1) is 11.3 Å². The number of rotatable bonds is 1. The fourth-order valence-electron chi connectivity index (χ4n) is 12.3. The third kappa shape index (κ3) is 3.77. The molecule has 0 amide bonds. The lowest BCUT2D eigenvalue weighted by Gasteiger charge is -2.48. The van der Waals surface area contributed by atoms with Gasteiger partial charge in [0.05, 0.1) is 27.4 Å². The first-order valence-electron chi connectivity index (χ1n) is 21.4. The third-order valence-electron chi connectivity index (χ3n) is 14.5. The minimum absolute atomic E-state index is 0.489. The molecule has 286 valence electrons. The topological polar surface area (TPSA) is 30.2 Å². The molecule has 0 bridgehead atoms. The van der Waals surface area contributed by atoms with E-state index in [2.05, 4.69) is 205 Å². The number of hydrogen-bond acceptors (Lipinski definition) is 3. The average Bonchev–Trinajstić information content (AvgIpc) is 4.07. The van der Waals surface area contributed by atoms with Crippen LogP contribution >= 0.6 is 11.3 Å². The molecule has 4 heteroatoms. The number of nitrogens with zero attached hydrogens (tertiary/aromatic N) is 3. The molecule has 3 aliphatic carbocycles. The Morgan fingerprint density at radius 1 is 0.387 bits per heavy atom. The van der Waals surface area contributed by atoms with Crippen molar-refractivity contribution < 1.29 is 0 Å². The van der Waals surface area contributed by atoms with E-state index in [1.165, 1.54) is 86.9 Å². The minimum Gasteiger partial charge on any atom is -0.276 e. The fourth-order valence-corrected chi connectivity index (χ4v) is 13.4. The lowest BCUT2D eigenvalue weighted by molar-refractivity contribution is 0.633. The summed E-state index contributed by atoms with van der Waals surface area (Å²) >= 11 is 1.89. The van der Waals surface area contributed by atoms with Crippen LogP contribution in [-0.4, -0.2) is 14.4 Å². The predicted molar refractivity (Wildman–Crippen MR) is 254 cm³/mol. The number of aromatic nitrogens is 3. The Bertz CT molecular complexity index is 3870. The molecule has 0 saturated carbocycles. The standard InChI is InChI=1S/C58H33N3S/c1-5-19-40-35(15-1)36-16-2-6-20-41(36)57(40)43-21-7-9-23-45(43)58(46-24-10-8-22-44(46)57)42-30-29-34(33-39(42)53-47(58)31-32-52-54(53)38-18-4-14-28-51(38)62-52)55-59-48-25-11-3-17-37(48)56-60-49-26-12-13-27-50(49)61(55)56/h1-33H. The zero-order valence-electron chi connectivity index (χ0n) is 33.3. The molecule has 15 rings (SSSR count). The van der Waals surface area contributed by atoms with E-state index in [1.54, 1.807) is 0 Å². The van der Waals surface area contributed by atoms with Crippen molar-refractivity contribution in [3.05, 3.63) is 245 Å². The monoisotopic (exact) mass is 803 g/mol. The molecule has 0 unspecified atom stereocenters. The van der Waals surface area contributed by atoms with Gasteiger partial charge in [-0.05, 0) is 109 Å². The molecule has 3 aromatic heterocycles. The van der Waals surface area contributed by atoms with Gasteiger partial charge in [0.2, 0.25) is 0 Å². The number of para-hydroxylation sites is 3. The molecule has 12 aromatic rings. The number of benzene rings is 9. The quantitative estimate of drug-likeness (QED) is 0.165. The van der Waals surface area contributed by atoms with Crippen molar-refractivity contribution in [1.29, 1.82) is 0 Å². The van der Waals surface area contributed by atoms with E-state index in [-0.39, 0.29) is 0 Å². The van der Waals surface area contributed by atoms with Gasteiger partial charge in [-0.25, -0.2) is 9.97 Å². The zero-order chi connectivity index (χ0) is 40.3. The first-order valence-corrected chi connectivity index (χ1v) is 22.2. The van der Waals surface area contributed by atoms with Crippen LogP contribution in [0.15, 0.2) is 200 Å². The Morgan fingerprint density at radius 3 is 1.63 bits per heavy atom. The summed E-state index contributed by atoms with van der Waals surface area (Å²) in [6.45, 7) is 0. The fraction of sp³-hybridized carbons (Fsp3) is 0.0345. The van der Waals surface area contributed by atoms with Gasteiger partial charge < -0.3 is 0 Å². The molecule has 3 heterocycles. The van der Waals surface area contributed by atoms with Gasteiger partial charge in [0.15, 0.2) is 0 Å². The van der Waals surface area contributed by atoms with Crippen molar-refractivity contribution in [2.75, 3.05) is 0 Å².